The van der Waals surface area contributed by atoms with Crippen LogP contribution < -0.4 is 9.47 Å². The molecule has 0 amide bonds. The number of H-pyrrole nitrogens is 1. The van der Waals surface area contributed by atoms with Gasteiger partial charge in [0.2, 0.25) is 0 Å². The minimum atomic E-state index is -0.416. The standard InChI is InChI=1S/C21H23NO5/c1-11(26-13(3)23)10-16-12(2)20(25-5)21(27-14(4)24)18-15-8-6-7-9-17(15)22-19(16)18/h6-9,11,22H,10H2,1-5H3/t11-/m1/s1. The van der Waals surface area contributed by atoms with Gasteiger partial charge in [0.1, 0.15) is 6.10 Å². The Morgan fingerprint density at radius 3 is 2.44 bits per heavy atom. The van der Waals surface area contributed by atoms with Crippen LogP contribution in [0.1, 0.15) is 31.9 Å². The second-order valence-corrected chi connectivity index (χ2v) is 6.60. The van der Waals surface area contributed by atoms with Crippen molar-refractivity contribution in [3.63, 3.8) is 0 Å². The summed E-state index contributed by atoms with van der Waals surface area (Å²) >= 11 is 0. The van der Waals surface area contributed by atoms with E-state index >= 15 is 0 Å². The van der Waals surface area contributed by atoms with Gasteiger partial charge in [-0.05, 0) is 25.5 Å². The maximum atomic E-state index is 11.7. The van der Waals surface area contributed by atoms with Gasteiger partial charge in [-0.1, -0.05) is 18.2 Å². The second kappa shape index (κ2) is 7.31. The van der Waals surface area contributed by atoms with Crippen LogP contribution >= 0.6 is 0 Å². The first kappa shape index (κ1) is 18.8. The normalized spacial score (nSPS) is 12.2. The Morgan fingerprint density at radius 2 is 1.81 bits per heavy atom. The summed E-state index contributed by atoms with van der Waals surface area (Å²) in [6.45, 7) is 6.52. The van der Waals surface area contributed by atoms with E-state index in [4.69, 9.17) is 14.2 Å². The van der Waals surface area contributed by atoms with Crippen LogP contribution in [0.3, 0.4) is 0 Å². The molecule has 27 heavy (non-hydrogen) atoms. The van der Waals surface area contributed by atoms with Gasteiger partial charge >= 0.3 is 11.9 Å². The van der Waals surface area contributed by atoms with Crippen molar-refractivity contribution in [2.75, 3.05) is 7.11 Å². The minimum Gasteiger partial charge on any atom is -0.493 e. The summed E-state index contributed by atoms with van der Waals surface area (Å²) in [5, 5.41) is 1.72. The molecular formula is C21H23NO5. The molecular weight excluding hydrogens is 346 g/mol. The molecule has 0 bridgehead atoms. The second-order valence-electron chi connectivity index (χ2n) is 6.60. The van der Waals surface area contributed by atoms with Crippen LogP contribution in [0.15, 0.2) is 24.3 Å². The van der Waals surface area contributed by atoms with E-state index in [1.54, 1.807) is 7.11 Å². The molecule has 0 spiro atoms. The zero-order chi connectivity index (χ0) is 19.7. The molecule has 3 rings (SSSR count). The first-order valence-corrected chi connectivity index (χ1v) is 8.79. The highest BCUT2D eigenvalue weighted by Gasteiger charge is 2.24. The lowest BCUT2D eigenvalue weighted by Crippen LogP contribution is -2.16. The fourth-order valence-corrected chi connectivity index (χ4v) is 3.57. The molecule has 0 saturated heterocycles. The molecule has 0 fully saturated rings. The number of para-hydroxylation sites is 1. The smallest absolute Gasteiger partial charge is 0.308 e. The summed E-state index contributed by atoms with van der Waals surface area (Å²) in [5.74, 6) is 0.170. The number of benzene rings is 2. The van der Waals surface area contributed by atoms with Crippen molar-refractivity contribution in [2.24, 2.45) is 0 Å². The van der Waals surface area contributed by atoms with Crippen molar-refractivity contribution in [3.8, 4) is 11.5 Å². The largest absolute Gasteiger partial charge is 0.493 e. The molecule has 2 aromatic carbocycles. The number of carbonyl (C=O) groups is 2. The van der Waals surface area contributed by atoms with E-state index < -0.39 is 5.97 Å². The minimum absolute atomic E-state index is 0.305. The fraction of sp³-hybridized carbons (Fsp3) is 0.333. The molecule has 0 radical (unpaired) electrons. The molecule has 6 heteroatoms. The first-order chi connectivity index (χ1) is 12.8. The van der Waals surface area contributed by atoms with Crippen molar-refractivity contribution in [2.45, 2.75) is 40.2 Å². The van der Waals surface area contributed by atoms with Crippen molar-refractivity contribution >= 4 is 33.7 Å². The lowest BCUT2D eigenvalue weighted by Gasteiger charge is -2.19. The number of hydrogen-bond acceptors (Lipinski definition) is 5. The Kier molecular flexibility index (Phi) is 5.08. The van der Waals surface area contributed by atoms with Crippen molar-refractivity contribution in [1.29, 1.82) is 0 Å². The molecule has 6 nitrogen and oxygen atoms in total. The highest BCUT2D eigenvalue weighted by Crippen LogP contribution is 2.45. The summed E-state index contributed by atoms with van der Waals surface area (Å²) in [4.78, 5) is 26.5. The van der Waals surface area contributed by atoms with E-state index in [1.807, 2.05) is 38.1 Å². The number of ether oxygens (including phenoxy) is 3. The van der Waals surface area contributed by atoms with E-state index in [9.17, 15) is 9.59 Å². The predicted molar refractivity (Wildman–Crippen MR) is 103 cm³/mol. The van der Waals surface area contributed by atoms with E-state index in [2.05, 4.69) is 4.98 Å². The van der Waals surface area contributed by atoms with Crippen molar-refractivity contribution in [1.82, 2.24) is 4.98 Å². The Morgan fingerprint density at radius 1 is 1.11 bits per heavy atom. The highest BCUT2D eigenvalue weighted by atomic mass is 16.6. The van der Waals surface area contributed by atoms with Crippen LogP contribution in [0, 0.1) is 6.92 Å². The van der Waals surface area contributed by atoms with Crippen LogP contribution in [0.5, 0.6) is 11.5 Å². The molecule has 1 atom stereocenters. The van der Waals surface area contributed by atoms with Gasteiger partial charge in [-0.15, -0.1) is 0 Å². The predicted octanol–water partition coefficient (Wildman–Crippen LogP) is 4.06. The molecule has 0 aliphatic rings. The highest BCUT2D eigenvalue weighted by molar-refractivity contribution is 6.13. The van der Waals surface area contributed by atoms with Crippen molar-refractivity contribution < 1.29 is 23.8 Å². The molecule has 1 aromatic heterocycles. The number of hydrogen-bond donors (Lipinski definition) is 1. The number of aromatic nitrogens is 1. The molecule has 142 valence electrons. The van der Waals surface area contributed by atoms with Gasteiger partial charge in [0.25, 0.3) is 0 Å². The van der Waals surface area contributed by atoms with Gasteiger partial charge in [-0.25, -0.2) is 0 Å². The van der Waals surface area contributed by atoms with Gasteiger partial charge in [-0.2, -0.15) is 0 Å². The Bertz CT molecular complexity index is 1030. The number of rotatable bonds is 5. The summed E-state index contributed by atoms with van der Waals surface area (Å²) in [5.41, 5.74) is 3.58. The van der Waals surface area contributed by atoms with Crippen LogP contribution in [-0.4, -0.2) is 30.1 Å². The number of nitrogens with one attached hydrogen (secondary N) is 1. The molecule has 0 saturated carbocycles. The average Bonchev–Trinajstić information content (AvgIpc) is 2.97. The Balaban J connectivity index is 2.34. The third kappa shape index (κ3) is 3.47. The summed E-state index contributed by atoms with van der Waals surface area (Å²) < 4.78 is 16.5. The van der Waals surface area contributed by atoms with Gasteiger partial charge in [-0.3, -0.25) is 9.59 Å². The topological polar surface area (TPSA) is 77.6 Å². The molecule has 0 unspecified atom stereocenters. The van der Waals surface area contributed by atoms with E-state index in [0.717, 1.165) is 32.9 Å². The van der Waals surface area contributed by atoms with E-state index in [0.29, 0.717) is 17.9 Å². The van der Waals surface area contributed by atoms with Crippen LogP contribution in [-0.2, 0) is 20.7 Å². The zero-order valence-electron chi connectivity index (χ0n) is 16.1. The lowest BCUT2D eigenvalue weighted by atomic mass is 9.97. The number of aromatic amines is 1. The quantitative estimate of drug-likeness (QED) is 0.542. The third-order valence-corrected chi connectivity index (χ3v) is 4.54. The number of fused-ring (bicyclic) bond motifs is 3. The first-order valence-electron chi connectivity index (χ1n) is 8.79. The Labute approximate surface area is 157 Å². The maximum absolute atomic E-state index is 11.7. The van der Waals surface area contributed by atoms with E-state index in [1.165, 1.54) is 13.8 Å². The van der Waals surface area contributed by atoms with Crippen LogP contribution in [0.4, 0.5) is 0 Å². The fourth-order valence-electron chi connectivity index (χ4n) is 3.57. The molecule has 0 aliphatic carbocycles. The molecule has 1 heterocycles. The van der Waals surface area contributed by atoms with Gasteiger partial charge < -0.3 is 19.2 Å². The SMILES string of the molecule is COc1c(C)c(C[C@@H](C)OC(C)=O)c2[nH]c3ccccc3c2c1OC(C)=O. The van der Waals surface area contributed by atoms with E-state index in [-0.39, 0.29) is 12.1 Å². The summed E-state index contributed by atoms with van der Waals surface area (Å²) in [6.07, 6.45) is 0.200. The van der Waals surface area contributed by atoms with Gasteiger partial charge in [0, 0.05) is 36.7 Å². The third-order valence-electron chi connectivity index (χ3n) is 4.54. The van der Waals surface area contributed by atoms with Gasteiger partial charge in [0.15, 0.2) is 11.5 Å². The summed E-state index contributed by atoms with van der Waals surface area (Å²) in [7, 11) is 1.55. The number of esters is 2. The molecule has 3 aromatic rings. The Hall–Kier alpha value is -3.02. The maximum Gasteiger partial charge on any atom is 0.308 e. The molecule has 0 aliphatic heterocycles. The summed E-state index contributed by atoms with van der Waals surface area (Å²) in [6, 6.07) is 7.80. The zero-order valence-corrected chi connectivity index (χ0v) is 16.1. The monoisotopic (exact) mass is 369 g/mol. The molecule has 1 N–H and O–H groups in total. The van der Waals surface area contributed by atoms with Gasteiger partial charge in [0.05, 0.1) is 18.0 Å². The van der Waals surface area contributed by atoms with Crippen LogP contribution in [0.2, 0.25) is 0 Å². The van der Waals surface area contributed by atoms with Crippen molar-refractivity contribution in [3.05, 3.63) is 35.4 Å². The lowest BCUT2D eigenvalue weighted by molar-refractivity contribution is -0.145. The number of methoxy groups -OCH3 is 1. The number of carbonyl (C=O) groups excluding carboxylic acids is 2. The average molecular weight is 369 g/mol. The van der Waals surface area contributed by atoms with Crippen LogP contribution in [0.25, 0.3) is 21.8 Å².